The summed E-state index contributed by atoms with van der Waals surface area (Å²) in [4.78, 5) is 40.4. The van der Waals surface area contributed by atoms with Gasteiger partial charge in [-0.2, -0.15) is 0 Å². The molecule has 3 amide bonds. The van der Waals surface area contributed by atoms with E-state index in [1.54, 1.807) is 12.1 Å². The number of aromatic hydroxyl groups is 5. The molecule has 3 atom stereocenters. The number of phenolic OH excluding ortho intramolecular Hbond substituents is 5. The van der Waals surface area contributed by atoms with Crippen LogP contribution in [0.4, 0.5) is 0 Å². The third-order valence-electron chi connectivity index (χ3n) is 5.98. The molecule has 3 aromatic carbocycles. The summed E-state index contributed by atoms with van der Waals surface area (Å²) in [6.07, 6.45) is 0. The van der Waals surface area contributed by atoms with Crippen LogP contribution >= 0.6 is 0 Å². The van der Waals surface area contributed by atoms with Gasteiger partial charge in [0.15, 0.2) is 0 Å². The van der Waals surface area contributed by atoms with E-state index < -0.39 is 40.7 Å². The molecule has 8 N–H and O–H groups in total. The Kier molecular flexibility index (Phi) is 13.6. The van der Waals surface area contributed by atoms with Crippen molar-refractivity contribution in [2.45, 2.75) is 8.56 Å². The molecule has 0 bridgehead atoms. The molecule has 0 aliphatic heterocycles. The Labute approximate surface area is 302 Å². The van der Waals surface area contributed by atoms with Crippen molar-refractivity contribution in [3.8, 4) is 28.7 Å². The maximum atomic E-state index is 12.8. The second-order valence-corrected chi connectivity index (χ2v) is 15.3. The van der Waals surface area contributed by atoms with Gasteiger partial charge in [-0.3, -0.25) is 0 Å². The molecule has 0 saturated carbocycles. The molecule has 42 heavy (non-hydrogen) atoms. The molecule has 15 heteroatoms. The summed E-state index contributed by atoms with van der Waals surface area (Å²) in [7, 11) is 0. The molecule has 0 aliphatic rings. The normalized spacial score (nSPS) is 13.0. The molecule has 3 unspecified atom stereocenters. The molecular weight excluding hydrogens is 775 g/mol. The van der Waals surface area contributed by atoms with Gasteiger partial charge in [-0.05, 0) is 0 Å². The number of nitrogens with one attached hydrogen (secondary N) is 3. The third-order valence-corrected chi connectivity index (χ3v) is 8.77. The zero-order valence-corrected chi connectivity index (χ0v) is 30.8. The molecule has 3 rings (SSSR count). The number of rotatable bonds is 12. The van der Waals surface area contributed by atoms with Gasteiger partial charge in [0.1, 0.15) is 0 Å². The molecule has 0 aromatic heterocycles. The average Bonchev–Trinajstić information content (AvgIpc) is 2.91. The first-order valence-corrected chi connectivity index (χ1v) is 17.5. The van der Waals surface area contributed by atoms with E-state index in [2.05, 4.69) is 16.0 Å². The van der Waals surface area contributed by atoms with Gasteiger partial charge in [-0.25, -0.2) is 0 Å². The van der Waals surface area contributed by atoms with Gasteiger partial charge >= 0.3 is 306 Å². The molecule has 0 heterocycles. The predicted molar refractivity (Wildman–Crippen MR) is 138 cm³/mol. The monoisotopic (exact) mass is 802 g/mol. The van der Waals surface area contributed by atoms with E-state index in [1.807, 2.05) is 4.90 Å². The molecule has 0 spiro atoms. The molecule has 0 radical (unpaired) electrons. The van der Waals surface area contributed by atoms with E-state index in [4.69, 9.17) is 0 Å². The van der Waals surface area contributed by atoms with Crippen molar-refractivity contribution in [2.24, 2.45) is 0 Å². The molecular formula is C27H27N4O8Y3. The topological polar surface area (TPSA) is 192 Å². The quantitative estimate of drug-likeness (QED) is 0.122. The van der Waals surface area contributed by atoms with Crippen LogP contribution in [0.5, 0.6) is 28.7 Å². The first-order valence-electron chi connectivity index (χ1n) is 12.6. The summed E-state index contributed by atoms with van der Waals surface area (Å²) in [5.74, 6) is -3.48. The number of carbonyl (C=O) groups excluding carboxylic acids is 3. The second-order valence-electron chi connectivity index (χ2n) is 9.32. The van der Waals surface area contributed by atoms with Crippen molar-refractivity contribution in [2.75, 3.05) is 19.6 Å². The SMILES string of the molecule is O=C(N[CH]([Y])CN(C[CH]([Y])NC(=O)c1cccc(O)c1O)C[CH]([Y])NC(=O)c1cccc(O)c1O)c1ccccc1O. The van der Waals surface area contributed by atoms with E-state index >= 15 is 0 Å². The Hall–Kier alpha value is -1.66. The Bertz CT molecular complexity index is 1370. The number of hydrogen-bond donors (Lipinski definition) is 8. The van der Waals surface area contributed by atoms with Gasteiger partial charge in [0, 0.05) is 0 Å². The van der Waals surface area contributed by atoms with Crippen LogP contribution in [0.25, 0.3) is 0 Å². The molecule has 212 valence electrons. The first kappa shape index (κ1) is 34.8. The van der Waals surface area contributed by atoms with Crippen LogP contribution < -0.4 is 16.0 Å². The van der Waals surface area contributed by atoms with Crippen LogP contribution in [0, 0.1) is 0 Å². The van der Waals surface area contributed by atoms with Gasteiger partial charge in [-0.1, -0.05) is 0 Å². The van der Waals surface area contributed by atoms with Crippen molar-refractivity contribution in [3.63, 3.8) is 0 Å². The van der Waals surface area contributed by atoms with Crippen molar-refractivity contribution >= 4 is 17.7 Å². The predicted octanol–water partition coefficient (Wildman–Crippen LogP) is 0.725. The van der Waals surface area contributed by atoms with Crippen LogP contribution in [0.2, 0.25) is 0 Å². The van der Waals surface area contributed by atoms with Crippen molar-refractivity contribution in [1.82, 2.24) is 20.9 Å². The Morgan fingerprint density at radius 1 is 0.548 bits per heavy atom. The summed E-state index contributed by atoms with van der Waals surface area (Å²) in [5.41, 5.74) is 0.0319. The molecule has 0 saturated heterocycles. The Morgan fingerprint density at radius 3 is 1.29 bits per heavy atom. The van der Waals surface area contributed by atoms with E-state index in [0.29, 0.717) is 112 Å². The Morgan fingerprint density at radius 2 is 0.881 bits per heavy atom. The van der Waals surface area contributed by atoms with Crippen LogP contribution in [-0.4, -0.2) is 76.3 Å². The minimum atomic E-state index is -0.551. The summed E-state index contributed by atoms with van der Waals surface area (Å²) >= 11 is 1.83. The van der Waals surface area contributed by atoms with Gasteiger partial charge in [0.05, 0.1) is 0 Å². The van der Waals surface area contributed by atoms with E-state index in [0.717, 1.165) is 0 Å². The van der Waals surface area contributed by atoms with Crippen molar-refractivity contribution < 1.29 is 133 Å². The fourth-order valence-corrected chi connectivity index (χ4v) is 7.34. The first-order chi connectivity index (χ1) is 19.9. The summed E-state index contributed by atoms with van der Waals surface area (Å²) in [5, 5.41) is 58.3. The number of para-hydroxylation sites is 3. The Balaban J connectivity index is 1.71. The van der Waals surface area contributed by atoms with Crippen LogP contribution in [0.3, 0.4) is 0 Å². The number of carbonyl (C=O) groups is 3. The van der Waals surface area contributed by atoms with Gasteiger partial charge < -0.3 is 0 Å². The number of nitrogens with zero attached hydrogens (tertiary/aromatic N) is 1. The number of phenols is 5. The van der Waals surface area contributed by atoms with Gasteiger partial charge in [0.2, 0.25) is 0 Å². The summed E-state index contributed by atoms with van der Waals surface area (Å²) in [6.45, 7) is 1.11. The van der Waals surface area contributed by atoms with E-state index in [9.17, 15) is 39.9 Å². The third kappa shape index (κ3) is 9.94. The van der Waals surface area contributed by atoms with Crippen LogP contribution in [0.1, 0.15) is 31.1 Å². The molecule has 0 fully saturated rings. The molecule has 3 aromatic rings. The number of hydrogen-bond acceptors (Lipinski definition) is 9. The number of benzene rings is 3. The zero-order valence-electron chi connectivity index (χ0n) is 22.3. The minimum absolute atomic E-state index is 0.0606. The standard InChI is InChI=1S/C27H27N4O8.3Y/c32-20-8-2-1-5-17(20)25(37)28-11-14-31(15-12-29-26(38)18-6-3-9-21(33)23(18)35)16-13-30-27(39)19-7-4-10-22(34)24(19)36;;;/h1-13,32-36H,14-16H2,(H,28,37)(H,29,38)(H,30,39);;;. The number of amides is 3. The summed E-state index contributed by atoms with van der Waals surface area (Å²) in [6, 6.07) is 14.5. The maximum absolute atomic E-state index is 12.8. The van der Waals surface area contributed by atoms with E-state index in [1.165, 1.54) is 48.5 Å². The fourth-order valence-electron chi connectivity index (χ4n) is 4.03. The van der Waals surface area contributed by atoms with Gasteiger partial charge in [0.25, 0.3) is 0 Å². The zero-order chi connectivity index (χ0) is 31.0. The van der Waals surface area contributed by atoms with Crippen molar-refractivity contribution in [1.29, 1.82) is 0 Å². The average molecular weight is 802 g/mol. The van der Waals surface area contributed by atoms with Crippen molar-refractivity contribution in [3.05, 3.63) is 77.4 Å². The second kappa shape index (κ2) is 16.4. The fraction of sp³-hybridized carbons (Fsp3) is 0.222. The molecule has 12 nitrogen and oxygen atoms in total. The van der Waals surface area contributed by atoms with Crippen LogP contribution in [-0.2, 0) is 92.9 Å². The van der Waals surface area contributed by atoms with E-state index in [-0.39, 0.29) is 31.0 Å². The van der Waals surface area contributed by atoms with Crippen LogP contribution in [0.15, 0.2) is 60.7 Å². The van der Waals surface area contributed by atoms with Gasteiger partial charge in [-0.15, -0.1) is 0 Å². The summed E-state index contributed by atoms with van der Waals surface area (Å²) < 4.78 is -0.894. The molecule has 0 aliphatic carbocycles.